The van der Waals surface area contributed by atoms with Gasteiger partial charge in [-0.05, 0) is 31.6 Å². The van der Waals surface area contributed by atoms with E-state index in [1.54, 1.807) is 0 Å². The van der Waals surface area contributed by atoms with E-state index < -0.39 is 0 Å². The standard InChI is InChI=1S/C11H16O3/c1-14-11(13)9-4-7-2-3-10(12)6-8(7)5-9/h6-7,9-10,12H,2-5H2,1H3/t7-,9+,10+/m1/s1. The first kappa shape index (κ1) is 9.71. The number of allylic oxidation sites excluding steroid dienone is 1. The molecular formula is C11H16O3. The molecule has 0 aliphatic heterocycles. The number of fused-ring (bicyclic) bond motifs is 1. The number of hydrogen-bond acceptors (Lipinski definition) is 3. The van der Waals surface area contributed by atoms with Crippen LogP contribution in [-0.2, 0) is 9.53 Å². The Hall–Kier alpha value is -0.830. The van der Waals surface area contributed by atoms with Gasteiger partial charge in [-0.25, -0.2) is 0 Å². The van der Waals surface area contributed by atoms with E-state index >= 15 is 0 Å². The number of rotatable bonds is 1. The van der Waals surface area contributed by atoms with E-state index in [4.69, 9.17) is 4.74 Å². The highest BCUT2D eigenvalue weighted by atomic mass is 16.5. The fraction of sp³-hybridized carbons (Fsp3) is 0.727. The lowest BCUT2D eigenvalue weighted by Gasteiger charge is -2.20. The van der Waals surface area contributed by atoms with Crippen molar-refractivity contribution >= 4 is 5.97 Å². The van der Waals surface area contributed by atoms with E-state index in [0.717, 1.165) is 25.7 Å². The number of aliphatic hydroxyl groups is 1. The van der Waals surface area contributed by atoms with Crippen LogP contribution in [0.15, 0.2) is 11.6 Å². The lowest BCUT2D eigenvalue weighted by atomic mass is 9.89. The summed E-state index contributed by atoms with van der Waals surface area (Å²) in [6.45, 7) is 0. The molecule has 0 aromatic carbocycles. The first-order chi connectivity index (χ1) is 6.70. The molecule has 3 atom stereocenters. The molecule has 78 valence electrons. The highest BCUT2D eigenvalue weighted by Gasteiger charge is 2.36. The van der Waals surface area contributed by atoms with Crippen LogP contribution in [0.3, 0.4) is 0 Å². The first-order valence-corrected chi connectivity index (χ1v) is 5.17. The Balaban J connectivity index is 2.06. The minimum absolute atomic E-state index is 0.0292. The highest BCUT2D eigenvalue weighted by molar-refractivity contribution is 5.73. The fourth-order valence-corrected chi connectivity index (χ4v) is 2.59. The van der Waals surface area contributed by atoms with E-state index in [-0.39, 0.29) is 18.0 Å². The Kier molecular flexibility index (Phi) is 2.59. The smallest absolute Gasteiger partial charge is 0.308 e. The normalized spacial score (nSPS) is 36.1. The molecule has 0 aromatic heterocycles. The minimum Gasteiger partial charge on any atom is -0.469 e. The van der Waals surface area contributed by atoms with Crippen LogP contribution in [0, 0.1) is 11.8 Å². The Labute approximate surface area is 83.8 Å². The lowest BCUT2D eigenvalue weighted by molar-refractivity contribution is -0.145. The molecule has 2 rings (SSSR count). The molecule has 1 saturated carbocycles. The Morgan fingerprint density at radius 2 is 2.36 bits per heavy atom. The van der Waals surface area contributed by atoms with E-state index in [1.807, 2.05) is 6.08 Å². The number of ether oxygens (including phenoxy) is 1. The predicted molar refractivity (Wildman–Crippen MR) is 51.6 cm³/mol. The molecule has 0 spiro atoms. The van der Waals surface area contributed by atoms with Crippen LogP contribution < -0.4 is 0 Å². The number of carbonyl (C=O) groups excluding carboxylic acids is 1. The Morgan fingerprint density at radius 3 is 3.07 bits per heavy atom. The maximum Gasteiger partial charge on any atom is 0.308 e. The van der Waals surface area contributed by atoms with Gasteiger partial charge in [-0.3, -0.25) is 4.79 Å². The molecule has 0 radical (unpaired) electrons. The average Bonchev–Trinajstić information content (AvgIpc) is 2.59. The molecule has 0 saturated heterocycles. The second-order valence-corrected chi connectivity index (χ2v) is 4.24. The second kappa shape index (κ2) is 3.73. The third-order valence-electron chi connectivity index (χ3n) is 3.33. The second-order valence-electron chi connectivity index (χ2n) is 4.24. The van der Waals surface area contributed by atoms with Crippen molar-refractivity contribution in [3.63, 3.8) is 0 Å². The number of esters is 1. The van der Waals surface area contributed by atoms with Crippen LogP contribution in [0.25, 0.3) is 0 Å². The first-order valence-electron chi connectivity index (χ1n) is 5.17. The summed E-state index contributed by atoms with van der Waals surface area (Å²) in [5.74, 6) is 0.443. The zero-order valence-corrected chi connectivity index (χ0v) is 8.40. The van der Waals surface area contributed by atoms with Gasteiger partial charge >= 0.3 is 5.97 Å². The molecule has 0 unspecified atom stereocenters. The van der Waals surface area contributed by atoms with Crippen molar-refractivity contribution in [2.24, 2.45) is 11.8 Å². The fourth-order valence-electron chi connectivity index (χ4n) is 2.59. The SMILES string of the molecule is COC(=O)[C@@H]1CC2=C[C@@H](O)CC[C@@H]2C1. The summed E-state index contributed by atoms with van der Waals surface area (Å²) in [6.07, 6.45) is 5.18. The summed E-state index contributed by atoms with van der Waals surface area (Å²) in [7, 11) is 1.44. The molecule has 3 nitrogen and oxygen atoms in total. The van der Waals surface area contributed by atoms with Crippen molar-refractivity contribution in [3.05, 3.63) is 11.6 Å². The number of hydrogen-bond donors (Lipinski definition) is 1. The van der Waals surface area contributed by atoms with Gasteiger partial charge in [0, 0.05) is 0 Å². The molecular weight excluding hydrogens is 180 g/mol. The van der Waals surface area contributed by atoms with Crippen molar-refractivity contribution in [1.29, 1.82) is 0 Å². The quantitative estimate of drug-likeness (QED) is 0.507. The number of methoxy groups -OCH3 is 1. The maximum absolute atomic E-state index is 11.3. The van der Waals surface area contributed by atoms with Gasteiger partial charge in [0.15, 0.2) is 0 Å². The number of aliphatic hydroxyl groups excluding tert-OH is 1. The van der Waals surface area contributed by atoms with E-state index in [0.29, 0.717) is 5.92 Å². The summed E-state index contributed by atoms with van der Waals surface area (Å²) >= 11 is 0. The van der Waals surface area contributed by atoms with Gasteiger partial charge < -0.3 is 9.84 Å². The van der Waals surface area contributed by atoms with Crippen LogP contribution in [0.4, 0.5) is 0 Å². The molecule has 0 bridgehead atoms. The molecule has 2 aliphatic carbocycles. The Morgan fingerprint density at radius 1 is 1.57 bits per heavy atom. The Bertz CT molecular complexity index is 270. The summed E-state index contributed by atoms with van der Waals surface area (Å²) in [5.41, 5.74) is 1.26. The van der Waals surface area contributed by atoms with E-state index in [9.17, 15) is 9.90 Å². The van der Waals surface area contributed by atoms with Crippen molar-refractivity contribution in [2.75, 3.05) is 7.11 Å². The topological polar surface area (TPSA) is 46.5 Å². The van der Waals surface area contributed by atoms with Crippen LogP contribution in [0.2, 0.25) is 0 Å². The minimum atomic E-state index is -0.294. The third kappa shape index (κ3) is 1.69. The molecule has 3 heteroatoms. The van der Waals surface area contributed by atoms with Gasteiger partial charge in [-0.15, -0.1) is 0 Å². The summed E-state index contributed by atoms with van der Waals surface area (Å²) in [5, 5.41) is 9.45. The van der Waals surface area contributed by atoms with Crippen molar-refractivity contribution in [2.45, 2.75) is 31.8 Å². The maximum atomic E-state index is 11.3. The van der Waals surface area contributed by atoms with E-state index in [2.05, 4.69) is 0 Å². The van der Waals surface area contributed by atoms with Crippen LogP contribution >= 0.6 is 0 Å². The zero-order chi connectivity index (χ0) is 10.1. The molecule has 1 fully saturated rings. The molecule has 0 aromatic rings. The summed E-state index contributed by atoms with van der Waals surface area (Å²) in [4.78, 5) is 11.3. The zero-order valence-electron chi connectivity index (χ0n) is 8.40. The highest BCUT2D eigenvalue weighted by Crippen LogP contribution is 2.42. The monoisotopic (exact) mass is 196 g/mol. The van der Waals surface area contributed by atoms with Gasteiger partial charge in [0.05, 0.1) is 19.1 Å². The van der Waals surface area contributed by atoms with Crippen molar-refractivity contribution in [3.8, 4) is 0 Å². The van der Waals surface area contributed by atoms with Gasteiger partial charge in [0.1, 0.15) is 0 Å². The third-order valence-corrected chi connectivity index (χ3v) is 3.33. The van der Waals surface area contributed by atoms with Gasteiger partial charge in [0.25, 0.3) is 0 Å². The van der Waals surface area contributed by atoms with E-state index in [1.165, 1.54) is 12.7 Å². The molecule has 2 aliphatic rings. The van der Waals surface area contributed by atoms with Crippen LogP contribution in [0.5, 0.6) is 0 Å². The van der Waals surface area contributed by atoms with Crippen molar-refractivity contribution in [1.82, 2.24) is 0 Å². The summed E-state index contributed by atoms with van der Waals surface area (Å²) < 4.78 is 4.74. The van der Waals surface area contributed by atoms with Crippen LogP contribution in [0.1, 0.15) is 25.7 Å². The lowest BCUT2D eigenvalue weighted by Crippen LogP contribution is -2.14. The summed E-state index contributed by atoms with van der Waals surface area (Å²) in [6, 6.07) is 0. The largest absolute Gasteiger partial charge is 0.469 e. The van der Waals surface area contributed by atoms with Gasteiger partial charge in [-0.2, -0.15) is 0 Å². The average molecular weight is 196 g/mol. The molecule has 0 heterocycles. The van der Waals surface area contributed by atoms with Gasteiger partial charge in [0.2, 0.25) is 0 Å². The molecule has 1 N–H and O–H groups in total. The van der Waals surface area contributed by atoms with Gasteiger partial charge in [-0.1, -0.05) is 11.6 Å². The molecule has 14 heavy (non-hydrogen) atoms. The molecule has 0 amide bonds. The van der Waals surface area contributed by atoms with Crippen LogP contribution in [-0.4, -0.2) is 24.3 Å². The van der Waals surface area contributed by atoms with Crippen molar-refractivity contribution < 1.29 is 14.6 Å². The number of carbonyl (C=O) groups is 1. The predicted octanol–water partition coefficient (Wildman–Crippen LogP) is 1.27.